The summed E-state index contributed by atoms with van der Waals surface area (Å²) in [6.07, 6.45) is 0. The molecule has 6 nitrogen and oxygen atoms in total. The number of phenols is 3. The van der Waals surface area contributed by atoms with Crippen LogP contribution in [0.3, 0.4) is 0 Å². The van der Waals surface area contributed by atoms with Crippen LogP contribution in [0, 0.1) is 0 Å². The van der Waals surface area contributed by atoms with Crippen molar-refractivity contribution in [2.75, 3.05) is 5.32 Å². The van der Waals surface area contributed by atoms with Crippen LogP contribution in [0.5, 0.6) is 17.2 Å². The zero-order valence-electron chi connectivity index (χ0n) is 14.9. The Bertz CT molecular complexity index is 1210. The van der Waals surface area contributed by atoms with E-state index in [1.165, 1.54) is 12.1 Å². The SMILES string of the molecule is Oc1cc(-c2nc(NCc3ccc(Cl)c(Cl)c3)c3ccccc3n2)cc(O)c1O. The Morgan fingerprint density at radius 1 is 0.828 bits per heavy atom. The standard InChI is InChI=1S/C21H15Cl2N3O3/c22-14-6-5-11(7-15(14)23)10-24-21-13-3-1-2-4-16(13)25-20(26-21)12-8-17(27)19(29)18(28)9-12/h1-9,27-29H,10H2,(H,24,25,26). The summed E-state index contributed by atoms with van der Waals surface area (Å²) in [5, 5.41) is 34.3. The van der Waals surface area contributed by atoms with E-state index in [0.29, 0.717) is 33.5 Å². The fraction of sp³-hybridized carbons (Fsp3) is 0.0476. The molecule has 0 unspecified atom stereocenters. The van der Waals surface area contributed by atoms with Gasteiger partial charge in [-0.1, -0.05) is 41.4 Å². The molecular formula is C21H15Cl2N3O3. The van der Waals surface area contributed by atoms with Crippen molar-refractivity contribution in [2.45, 2.75) is 6.54 Å². The molecule has 4 aromatic rings. The summed E-state index contributed by atoms with van der Waals surface area (Å²) in [5.74, 6) is -0.647. The van der Waals surface area contributed by atoms with E-state index in [0.717, 1.165) is 10.9 Å². The lowest BCUT2D eigenvalue weighted by Gasteiger charge is -2.12. The van der Waals surface area contributed by atoms with E-state index in [1.54, 1.807) is 12.1 Å². The van der Waals surface area contributed by atoms with Crippen molar-refractivity contribution in [1.82, 2.24) is 9.97 Å². The molecule has 0 bridgehead atoms. The minimum Gasteiger partial charge on any atom is -0.504 e. The zero-order chi connectivity index (χ0) is 20.5. The van der Waals surface area contributed by atoms with Crippen molar-refractivity contribution in [1.29, 1.82) is 0 Å². The fourth-order valence-electron chi connectivity index (χ4n) is 2.91. The van der Waals surface area contributed by atoms with Crippen molar-refractivity contribution >= 4 is 39.9 Å². The Morgan fingerprint density at radius 2 is 1.55 bits per heavy atom. The van der Waals surface area contributed by atoms with Gasteiger partial charge in [0.05, 0.1) is 15.6 Å². The Balaban J connectivity index is 1.75. The van der Waals surface area contributed by atoms with Crippen LogP contribution >= 0.6 is 23.2 Å². The van der Waals surface area contributed by atoms with Gasteiger partial charge in [0.15, 0.2) is 23.1 Å². The molecule has 1 heterocycles. The first-order valence-corrected chi connectivity index (χ1v) is 9.38. The van der Waals surface area contributed by atoms with Gasteiger partial charge < -0.3 is 20.6 Å². The molecule has 0 saturated heterocycles. The third kappa shape index (κ3) is 3.85. The van der Waals surface area contributed by atoms with Crippen LogP contribution in [0.2, 0.25) is 10.0 Å². The Labute approximate surface area is 176 Å². The van der Waals surface area contributed by atoms with Gasteiger partial charge in [-0.15, -0.1) is 0 Å². The number of hydrogen-bond donors (Lipinski definition) is 4. The van der Waals surface area contributed by atoms with Gasteiger partial charge in [0, 0.05) is 17.5 Å². The molecule has 4 N–H and O–H groups in total. The van der Waals surface area contributed by atoms with Crippen LogP contribution in [-0.2, 0) is 6.54 Å². The number of fused-ring (bicyclic) bond motifs is 1. The monoisotopic (exact) mass is 427 g/mol. The number of benzene rings is 3. The molecule has 0 saturated carbocycles. The van der Waals surface area contributed by atoms with E-state index < -0.39 is 17.2 Å². The number of nitrogens with one attached hydrogen (secondary N) is 1. The molecule has 0 amide bonds. The fourth-order valence-corrected chi connectivity index (χ4v) is 3.23. The number of rotatable bonds is 4. The topological polar surface area (TPSA) is 98.5 Å². The largest absolute Gasteiger partial charge is 0.504 e. The molecule has 0 aliphatic rings. The summed E-state index contributed by atoms with van der Waals surface area (Å²) in [6, 6.07) is 15.4. The number of phenolic OH excluding ortho intramolecular Hbond substituents is 3. The van der Waals surface area contributed by atoms with Gasteiger partial charge >= 0.3 is 0 Å². The van der Waals surface area contributed by atoms with Crippen LogP contribution in [0.4, 0.5) is 5.82 Å². The molecule has 146 valence electrons. The van der Waals surface area contributed by atoms with E-state index in [-0.39, 0.29) is 5.82 Å². The second-order valence-electron chi connectivity index (χ2n) is 6.38. The maximum Gasteiger partial charge on any atom is 0.200 e. The average Bonchev–Trinajstić information content (AvgIpc) is 2.72. The number of aromatic nitrogens is 2. The summed E-state index contributed by atoms with van der Waals surface area (Å²) >= 11 is 12.1. The van der Waals surface area contributed by atoms with Gasteiger partial charge in [-0.05, 0) is 42.0 Å². The third-order valence-electron chi connectivity index (χ3n) is 4.38. The molecule has 0 aliphatic heterocycles. The van der Waals surface area contributed by atoms with Crippen molar-refractivity contribution in [3.05, 3.63) is 70.2 Å². The van der Waals surface area contributed by atoms with Gasteiger partial charge in [-0.3, -0.25) is 0 Å². The summed E-state index contributed by atoms with van der Waals surface area (Å²) in [4.78, 5) is 9.06. The number of aromatic hydroxyl groups is 3. The predicted octanol–water partition coefficient (Wildman–Crippen LogP) is 5.33. The van der Waals surface area contributed by atoms with Gasteiger partial charge in [-0.25, -0.2) is 9.97 Å². The summed E-state index contributed by atoms with van der Waals surface area (Å²) in [7, 11) is 0. The van der Waals surface area contributed by atoms with E-state index in [1.807, 2.05) is 30.3 Å². The molecule has 4 rings (SSSR count). The van der Waals surface area contributed by atoms with Crippen LogP contribution in [0.15, 0.2) is 54.6 Å². The minimum absolute atomic E-state index is 0.283. The first kappa shape index (κ1) is 19.1. The van der Waals surface area contributed by atoms with Crippen LogP contribution in [0.25, 0.3) is 22.3 Å². The highest BCUT2D eigenvalue weighted by molar-refractivity contribution is 6.42. The van der Waals surface area contributed by atoms with Gasteiger partial charge in [-0.2, -0.15) is 0 Å². The lowest BCUT2D eigenvalue weighted by molar-refractivity contribution is 0.368. The smallest absolute Gasteiger partial charge is 0.200 e. The zero-order valence-corrected chi connectivity index (χ0v) is 16.4. The lowest BCUT2D eigenvalue weighted by Crippen LogP contribution is -2.04. The summed E-state index contributed by atoms with van der Waals surface area (Å²) in [5.41, 5.74) is 1.96. The van der Waals surface area contributed by atoms with Crippen LogP contribution in [0.1, 0.15) is 5.56 Å². The molecule has 0 radical (unpaired) electrons. The summed E-state index contributed by atoms with van der Waals surface area (Å²) < 4.78 is 0. The molecule has 0 spiro atoms. The molecule has 0 fully saturated rings. The molecule has 1 aromatic heterocycles. The molecule has 8 heteroatoms. The highest BCUT2D eigenvalue weighted by atomic mass is 35.5. The van der Waals surface area contributed by atoms with Gasteiger partial charge in [0.1, 0.15) is 5.82 Å². The highest BCUT2D eigenvalue weighted by Crippen LogP contribution is 2.38. The number of halogens is 2. The number of anilines is 1. The van der Waals surface area contributed by atoms with E-state index in [4.69, 9.17) is 23.2 Å². The van der Waals surface area contributed by atoms with Crippen molar-refractivity contribution in [2.24, 2.45) is 0 Å². The van der Waals surface area contributed by atoms with Crippen LogP contribution in [-0.4, -0.2) is 25.3 Å². The highest BCUT2D eigenvalue weighted by Gasteiger charge is 2.14. The van der Waals surface area contributed by atoms with Crippen molar-refractivity contribution in [3.63, 3.8) is 0 Å². The Hall–Kier alpha value is -3.22. The Morgan fingerprint density at radius 3 is 2.28 bits per heavy atom. The quantitative estimate of drug-likeness (QED) is 0.328. The molecule has 29 heavy (non-hydrogen) atoms. The second kappa shape index (κ2) is 7.66. The first-order chi connectivity index (χ1) is 13.9. The number of para-hydroxylation sites is 1. The third-order valence-corrected chi connectivity index (χ3v) is 5.11. The number of nitrogens with zero attached hydrogens (tertiary/aromatic N) is 2. The Kier molecular flexibility index (Phi) is 5.05. The van der Waals surface area contributed by atoms with Crippen molar-refractivity contribution in [3.8, 4) is 28.6 Å². The lowest BCUT2D eigenvalue weighted by atomic mass is 10.1. The second-order valence-corrected chi connectivity index (χ2v) is 7.19. The predicted molar refractivity (Wildman–Crippen MR) is 114 cm³/mol. The molecular weight excluding hydrogens is 413 g/mol. The van der Waals surface area contributed by atoms with Gasteiger partial charge in [0.2, 0.25) is 0 Å². The molecule has 3 aromatic carbocycles. The van der Waals surface area contributed by atoms with E-state index >= 15 is 0 Å². The first-order valence-electron chi connectivity index (χ1n) is 8.62. The molecule has 0 atom stereocenters. The molecule has 0 aliphatic carbocycles. The average molecular weight is 428 g/mol. The van der Waals surface area contributed by atoms with E-state index in [9.17, 15) is 15.3 Å². The maximum absolute atomic E-state index is 9.82. The maximum atomic E-state index is 9.82. The van der Waals surface area contributed by atoms with E-state index in [2.05, 4.69) is 15.3 Å². The summed E-state index contributed by atoms with van der Waals surface area (Å²) in [6.45, 7) is 0.448. The van der Waals surface area contributed by atoms with Crippen molar-refractivity contribution < 1.29 is 15.3 Å². The van der Waals surface area contributed by atoms with Crippen LogP contribution < -0.4 is 5.32 Å². The normalized spacial score (nSPS) is 11.0. The minimum atomic E-state index is -0.590. The van der Waals surface area contributed by atoms with Gasteiger partial charge in [0.25, 0.3) is 0 Å². The number of hydrogen-bond acceptors (Lipinski definition) is 6.